The lowest BCUT2D eigenvalue weighted by molar-refractivity contribution is -0.139. The number of hydrogen-bond acceptors (Lipinski definition) is 4. The van der Waals surface area contributed by atoms with E-state index in [0.717, 1.165) is 38.3 Å². The predicted molar refractivity (Wildman–Crippen MR) is 104 cm³/mol. The molecule has 27 heavy (non-hydrogen) atoms. The van der Waals surface area contributed by atoms with Crippen molar-refractivity contribution < 1.29 is 4.79 Å². The van der Waals surface area contributed by atoms with Crippen LogP contribution in [0.1, 0.15) is 36.4 Å². The topological polar surface area (TPSA) is 49.3 Å². The highest BCUT2D eigenvalue weighted by atomic mass is 16.2. The van der Waals surface area contributed by atoms with Crippen LogP contribution < -0.4 is 4.90 Å². The first-order valence-electron chi connectivity index (χ1n) is 10.1. The quantitative estimate of drug-likeness (QED) is 0.841. The molecule has 3 heterocycles. The third-order valence-electron chi connectivity index (χ3n) is 6.78. The fraction of sp³-hybridized carbons (Fsp3) is 0.500. The van der Waals surface area contributed by atoms with Crippen molar-refractivity contribution in [2.75, 3.05) is 24.5 Å². The van der Waals surface area contributed by atoms with Gasteiger partial charge in [0.15, 0.2) is 0 Å². The Morgan fingerprint density at radius 3 is 2.67 bits per heavy atom. The smallest absolute Gasteiger partial charge is 0.226 e. The molecule has 1 aromatic carbocycles. The van der Waals surface area contributed by atoms with Gasteiger partial charge in [0.05, 0.1) is 12.2 Å². The number of aromatic nitrogens is 2. The van der Waals surface area contributed by atoms with E-state index in [1.54, 1.807) is 12.4 Å². The molecule has 0 spiro atoms. The Hall–Kier alpha value is -2.43. The van der Waals surface area contributed by atoms with E-state index in [1.165, 1.54) is 17.5 Å². The first kappa shape index (κ1) is 16.7. The summed E-state index contributed by atoms with van der Waals surface area (Å²) in [7, 11) is 0. The summed E-state index contributed by atoms with van der Waals surface area (Å²) >= 11 is 0. The van der Waals surface area contributed by atoms with E-state index in [4.69, 9.17) is 0 Å². The second-order valence-electron chi connectivity index (χ2n) is 8.31. The zero-order chi connectivity index (χ0) is 18.4. The van der Waals surface area contributed by atoms with Crippen LogP contribution >= 0.6 is 0 Å². The minimum atomic E-state index is 0.186. The zero-order valence-corrected chi connectivity index (χ0v) is 15.8. The van der Waals surface area contributed by atoms with E-state index in [9.17, 15) is 4.79 Å². The lowest BCUT2D eigenvalue weighted by atomic mass is 9.83. The number of rotatable bonds is 3. The van der Waals surface area contributed by atoms with E-state index in [1.807, 2.05) is 6.20 Å². The Morgan fingerprint density at radius 1 is 1.11 bits per heavy atom. The summed E-state index contributed by atoms with van der Waals surface area (Å²) in [6.07, 6.45) is 8.66. The summed E-state index contributed by atoms with van der Waals surface area (Å²) < 4.78 is 0. The van der Waals surface area contributed by atoms with Gasteiger partial charge in [0, 0.05) is 49.8 Å². The van der Waals surface area contributed by atoms with E-state index in [-0.39, 0.29) is 12.0 Å². The van der Waals surface area contributed by atoms with Crippen molar-refractivity contribution in [2.45, 2.75) is 32.2 Å². The summed E-state index contributed by atoms with van der Waals surface area (Å²) in [5.74, 6) is 2.55. The molecule has 5 nitrogen and oxygen atoms in total. The van der Waals surface area contributed by atoms with Gasteiger partial charge in [0.25, 0.3) is 0 Å². The van der Waals surface area contributed by atoms with E-state index >= 15 is 0 Å². The summed E-state index contributed by atoms with van der Waals surface area (Å²) in [6, 6.07) is 8.77. The maximum Gasteiger partial charge on any atom is 0.226 e. The van der Waals surface area contributed by atoms with Gasteiger partial charge in [-0.3, -0.25) is 9.78 Å². The molecule has 0 N–H and O–H groups in total. The van der Waals surface area contributed by atoms with Crippen LogP contribution in [-0.4, -0.2) is 40.4 Å². The molecule has 1 aromatic heterocycles. The van der Waals surface area contributed by atoms with Crippen LogP contribution in [0.5, 0.6) is 0 Å². The van der Waals surface area contributed by atoms with Gasteiger partial charge in [-0.15, -0.1) is 0 Å². The highest BCUT2D eigenvalue weighted by molar-refractivity contribution is 5.80. The number of nitrogens with zero attached hydrogens (tertiary/aromatic N) is 4. The van der Waals surface area contributed by atoms with Crippen LogP contribution in [0.4, 0.5) is 5.82 Å². The van der Waals surface area contributed by atoms with Gasteiger partial charge < -0.3 is 9.80 Å². The third kappa shape index (κ3) is 2.80. The number of carbonyl (C=O) groups is 1. The fourth-order valence-corrected chi connectivity index (χ4v) is 5.12. The number of fused-ring (bicyclic) bond motifs is 1. The van der Waals surface area contributed by atoms with E-state index in [2.05, 4.69) is 51.0 Å². The molecule has 1 saturated carbocycles. The molecule has 1 amide bonds. The van der Waals surface area contributed by atoms with Crippen molar-refractivity contribution in [2.24, 2.45) is 17.8 Å². The summed E-state index contributed by atoms with van der Waals surface area (Å²) in [5, 5.41) is 0. The van der Waals surface area contributed by atoms with E-state index < -0.39 is 0 Å². The van der Waals surface area contributed by atoms with Gasteiger partial charge in [0.1, 0.15) is 5.82 Å². The maximum atomic E-state index is 13.2. The second-order valence-corrected chi connectivity index (χ2v) is 8.31. The minimum absolute atomic E-state index is 0.186. The summed E-state index contributed by atoms with van der Waals surface area (Å²) in [5.41, 5.74) is 2.60. The van der Waals surface area contributed by atoms with Crippen LogP contribution in [-0.2, 0) is 4.79 Å². The number of amides is 1. The summed E-state index contributed by atoms with van der Waals surface area (Å²) in [4.78, 5) is 26.5. The number of likely N-dealkylation sites (tertiary alicyclic amines) is 1. The Bertz CT molecular complexity index is 835. The number of carbonyl (C=O) groups excluding carboxylic acids is 1. The number of benzene rings is 1. The first-order chi connectivity index (χ1) is 13.2. The van der Waals surface area contributed by atoms with Crippen LogP contribution in [0, 0.1) is 24.7 Å². The van der Waals surface area contributed by atoms with Crippen LogP contribution in [0.25, 0.3) is 0 Å². The monoisotopic (exact) mass is 362 g/mol. The largest absolute Gasteiger partial charge is 0.355 e. The molecule has 140 valence electrons. The van der Waals surface area contributed by atoms with Gasteiger partial charge in [-0.2, -0.15) is 0 Å². The molecule has 2 aromatic rings. The molecule has 3 fully saturated rings. The van der Waals surface area contributed by atoms with Gasteiger partial charge in [-0.05, 0) is 30.9 Å². The molecule has 0 unspecified atom stereocenters. The molecule has 2 aliphatic heterocycles. The van der Waals surface area contributed by atoms with Crippen LogP contribution in [0.2, 0.25) is 0 Å². The van der Waals surface area contributed by atoms with Crippen molar-refractivity contribution in [3.05, 3.63) is 54.0 Å². The standard InChI is InChI=1S/C22H26N4O/c1-15-5-2-3-8-18(15)21-19-14-25(20-11-23-9-10-24-20)12-17(19)13-26(21)22(27)16-6-4-7-16/h2-3,5,8-11,16-17,19,21H,4,6-7,12-14H2,1H3/t17-,19-,21+/m0/s1. The highest BCUT2D eigenvalue weighted by Gasteiger charge is 2.50. The molecule has 1 aliphatic carbocycles. The van der Waals surface area contributed by atoms with Crippen molar-refractivity contribution in [3.63, 3.8) is 0 Å². The molecule has 5 heteroatoms. The van der Waals surface area contributed by atoms with Gasteiger partial charge in [0.2, 0.25) is 5.91 Å². The number of aryl methyl sites for hydroxylation is 1. The predicted octanol–water partition coefficient (Wildman–Crippen LogP) is 3.22. The number of hydrogen-bond donors (Lipinski definition) is 0. The van der Waals surface area contributed by atoms with Crippen LogP contribution in [0.3, 0.4) is 0 Å². The average molecular weight is 362 g/mol. The normalized spacial score (nSPS) is 27.5. The minimum Gasteiger partial charge on any atom is -0.355 e. The Balaban J connectivity index is 1.46. The molecule has 5 rings (SSSR count). The summed E-state index contributed by atoms with van der Waals surface area (Å²) in [6.45, 7) is 4.94. The molecule has 3 atom stereocenters. The molecule has 2 saturated heterocycles. The van der Waals surface area contributed by atoms with E-state index in [0.29, 0.717) is 17.7 Å². The third-order valence-corrected chi connectivity index (χ3v) is 6.78. The fourth-order valence-electron chi connectivity index (χ4n) is 5.12. The Labute approximate surface area is 160 Å². The van der Waals surface area contributed by atoms with Crippen LogP contribution in [0.15, 0.2) is 42.9 Å². The van der Waals surface area contributed by atoms with Gasteiger partial charge in [-0.25, -0.2) is 4.98 Å². The lowest BCUT2D eigenvalue weighted by Gasteiger charge is -2.35. The van der Waals surface area contributed by atoms with Gasteiger partial charge >= 0.3 is 0 Å². The maximum absolute atomic E-state index is 13.2. The number of anilines is 1. The first-order valence-corrected chi connectivity index (χ1v) is 10.1. The Kier molecular flexibility index (Phi) is 4.10. The molecule has 0 radical (unpaired) electrons. The lowest BCUT2D eigenvalue weighted by Crippen LogP contribution is -2.41. The zero-order valence-electron chi connectivity index (χ0n) is 15.8. The molecular weight excluding hydrogens is 336 g/mol. The van der Waals surface area contributed by atoms with Crippen molar-refractivity contribution >= 4 is 11.7 Å². The SMILES string of the molecule is Cc1ccccc1[C@@H]1[C@H]2CN(c3cnccn3)C[C@H]2CN1C(=O)C1CCC1. The second kappa shape index (κ2) is 6.63. The molecule has 0 bridgehead atoms. The average Bonchev–Trinajstić information content (AvgIpc) is 3.19. The van der Waals surface area contributed by atoms with Gasteiger partial charge in [-0.1, -0.05) is 30.7 Å². The Morgan fingerprint density at radius 2 is 1.96 bits per heavy atom. The van der Waals surface area contributed by atoms with Crippen molar-refractivity contribution in [1.29, 1.82) is 0 Å². The molecular formula is C22H26N4O. The molecule has 3 aliphatic rings. The van der Waals surface area contributed by atoms with Crippen molar-refractivity contribution in [1.82, 2.24) is 14.9 Å². The highest BCUT2D eigenvalue weighted by Crippen LogP contribution is 2.47. The van der Waals surface area contributed by atoms with Crippen molar-refractivity contribution in [3.8, 4) is 0 Å².